The number of rotatable bonds is 8. The van der Waals surface area contributed by atoms with Gasteiger partial charge < -0.3 is 33.1 Å². The van der Waals surface area contributed by atoms with E-state index in [1.807, 2.05) is 0 Å². The predicted octanol–water partition coefficient (Wildman–Crippen LogP) is -2.58. The van der Waals surface area contributed by atoms with Crippen molar-refractivity contribution in [2.45, 2.75) is 31.0 Å². The van der Waals surface area contributed by atoms with E-state index in [1.165, 1.54) is 0 Å². The number of aliphatic carboxylic acids is 3. The predicted molar refractivity (Wildman–Crippen MR) is 66.8 cm³/mol. The zero-order chi connectivity index (χ0) is 16.8. The van der Waals surface area contributed by atoms with Gasteiger partial charge in [0.2, 0.25) is 0 Å². The molecule has 12 heteroatoms. The second kappa shape index (κ2) is 9.69. The number of aliphatic hydroxyl groups is 2. The van der Waals surface area contributed by atoms with Gasteiger partial charge in [-0.3, -0.25) is 14.4 Å². The van der Waals surface area contributed by atoms with Gasteiger partial charge in [0, 0.05) is 0 Å². The summed E-state index contributed by atoms with van der Waals surface area (Å²) < 4.78 is 3.98. The first-order chi connectivity index (χ1) is 9.47. The summed E-state index contributed by atoms with van der Waals surface area (Å²) in [6, 6.07) is 0. The minimum absolute atomic E-state index is 0. The third-order valence-electron chi connectivity index (χ3n) is 2.15. The molecule has 0 aromatic carbocycles. The maximum atomic E-state index is 11.2. The fourth-order valence-electron chi connectivity index (χ4n) is 1.15. The van der Waals surface area contributed by atoms with Crippen LogP contribution in [0.15, 0.2) is 0 Å². The van der Waals surface area contributed by atoms with E-state index in [1.54, 1.807) is 0 Å². The van der Waals surface area contributed by atoms with Gasteiger partial charge in [0.15, 0.2) is 11.7 Å². The van der Waals surface area contributed by atoms with Crippen LogP contribution in [0.1, 0.15) is 22.1 Å². The molecule has 0 bridgehead atoms. The summed E-state index contributed by atoms with van der Waals surface area (Å²) in [4.78, 5) is 53.6. The van der Waals surface area contributed by atoms with E-state index in [9.17, 15) is 29.1 Å². The van der Waals surface area contributed by atoms with Crippen molar-refractivity contribution < 1.29 is 57.1 Å². The van der Waals surface area contributed by atoms with Gasteiger partial charge in [0.1, 0.15) is 0 Å². The maximum absolute atomic E-state index is 11.2. The second-order valence-corrected chi connectivity index (χ2v) is 3.99. The molecule has 2 unspecified atom stereocenters. The van der Waals surface area contributed by atoms with Gasteiger partial charge in [0.05, 0.1) is 19.3 Å². The molecule has 0 saturated heterocycles. The number of hydrogen-bond donors (Lipinski definition) is 5. The van der Waals surface area contributed by atoms with Crippen LogP contribution < -0.4 is 0 Å². The zero-order valence-electron chi connectivity index (χ0n) is 13.1. The summed E-state index contributed by atoms with van der Waals surface area (Å²) in [5.41, 5.74) is -2.98. The summed E-state index contributed by atoms with van der Waals surface area (Å²) in [6.45, 7) is 0. The van der Waals surface area contributed by atoms with E-state index in [0.29, 0.717) is 0 Å². The van der Waals surface area contributed by atoms with Crippen molar-refractivity contribution in [2.75, 3.05) is 0 Å². The van der Waals surface area contributed by atoms with Crippen molar-refractivity contribution in [1.82, 2.24) is 0 Å². The van der Waals surface area contributed by atoms with Gasteiger partial charge in [-0.2, -0.15) is 0 Å². The standard InChI is InChI=1S/C10H12O11.Ca.2H/c11-4(8(16)17)1-6(14)21-7(15)3-10(20,9(18)19)2-5(12)13;;;/h4,11,20H,1-3H2,(H,12,13)(H,16,17)(H,18,19);;;/q;+2;2*-1. The van der Waals surface area contributed by atoms with Crippen molar-refractivity contribution >= 4 is 67.6 Å². The van der Waals surface area contributed by atoms with Crippen molar-refractivity contribution in [3.8, 4) is 0 Å². The molecule has 122 valence electrons. The smallest absolute Gasteiger partial charge is 1.00 e. The van der Waals surface area contributed by atoms with Crippen molar-refractivity contribution in [2.24, 2.45) is 0 Å². The Hall–Kier alpha value is -1.27. The number of carbonyl (C=O) groups excluding carboxylic acids is 2. The molecule has 0 aliphatic rings. The van der Waals surface area contributed by atoms with Crippen molar-refractivity contribution in [3.63, 3.8) is 0 Å². The Bertz CT molecular complexity index is 483. The Morgan fingerprint density at radius 3 is 1.86 bits per heavy atom. The molecule has 0 spiro atoms. The van der Waals surface area contributed by atoms with E-state index in [-0.39, 0.29) is 40.6 Å². The van der Waals surface area contributed by atoms with Crippen LogP contribution >= 0.6 is 0 Å². The molecule has 5 N–H and O–H groups in total. The van der Waals surface area contributed by atoms with Gasteiger partial charge in [0.25, 0.3) is 0 Å². The molecule has 0 amide bonds. The van der Waals surface area contributed by atoms with E-state index >= 15 is 0 Å². The summed E-state index contributed by atoms with van der Waals surface area (Å²) in [5, 5.41) is 43.7. The molecule has 0 aliphatic carbocycles. The van der Waals surface area contributed by atoms with E-state index in [0.717, 1.165) is 0 Å². The van der Waals surface area contributed by atoms with E-state index < -0.39 is 60.8 Å². The molecule has 0 aromatic rings. The Kier molecular flexibility index (Phi) is 10.1. The molecule has 0 aromatic heterocycles. The molecule has 0 fully saturated rings. The number of carboxylic acids is 3. The average molecular weight is 350 g/mol. The zero-order valence-corrected chi connectivity index (χ0v) is 13.3. The number of esters is 2. The van der Waals surface area contributed by atoms with Crippen molar-refractivity contribution in [3.05, 3.63) is 0 Å². The summed E-state index contributed by atoms with van der Waals surface area (Å²) >= 11 is 0. The molecule has 0 aliphatic heterocycles. The maximum Gasteiger partial charge on any atom is 2.00 e. The van der Waals surface area contributed by atoms with E-state index in [4.69, 9.17) is 20.4 Å². The fraction of sp³-hybridized carbons (Fsp3) is 0.500. The van der Waals surface area contributed by atoms with Gasteiger partial charge in [-0.25, -0.2) is 9.59 Å². The molecule has 2 atom stereocenters. The minimum atomic E-state index is -2.98. The van der Waals surface area contributed by atoms with Gasteiger partial charge >= 0.3 is 67.6 Å². The largest absolute Gasteiger partial charge is 2.00 e. The quantitative estimate of drug-likeness (QED) is 0.175. The summed E-state index contributed by atoms with van der Waals surface area (Å²) in [7, 11) is 0. The van der Waals surface area contributed by atoms with Crippen LogP contribution in [0.2, 0.25) is 0 Å². The Morgan fingerprint density at radius 1 is 1.00 bits per heavy atom. The van der Waals surface area contributed by atoms with Gasteiger partial charge in [-0.05, 0) is 0 Å². The van der Waals surface area contributed by atoms with Crippen LogP contribution in [0, 0.1) is 0 Å². The first-order valence-electron chi connectivity index (χ1n) is 5.30. The fourth-order valence-corrected chi connectivity index (χ4v) is 1.15. The molecule has 0 saturated carbocycles. The summed E-state index contributed by atoms with van der Waals surface area (Å²) in [6.07, 6.45) is -5.86. The molecule has 0 heterocycles. The number of ether oxygens (including phenoxy) is 1. The first kappa shape index (κ1) is 23.0. The molecule has 0 rings (SSSR count). The topological polar surface area (TPSA) is 196 Å². The van der Waals surface area contributed by atoms with Crippen molar-refractivity contribution in [1.29, 1.82) is 0 Å². The van der Waals surface area contributed by atoms with E-state index in [2.05, 4.69) is 4.74 Å². The number of carboxylic acid groups (broad SMARTS) is 3. The number of carbonyl (C=O) groups is 5. The van der Waals surface area contributed by atoms with Crippen LogP contribution in [0.4, 0.5) is 0 Å². The van der Waals surface area contributed by atoms with Gasteiger partial charge in [-0.15, -0.1) is 0 Å². The van der Waals surface area contributed by atoms with Crippen LogP contribution in [0.5, 0.6) is 0 Å². The van der Waals surface area contributed by atoms with Crippen LogP contribution in [0.3, 0.4) is 0 Å². The van der Waals surface area contributed by atoms with Crippen LogP contribution in [-0.4, -0.2) is 105 Å². The number of hydrogen-bond acceptors (Lipinski definition) is 8. The summed E-state index contributed by atoms with van der Waals surface area (Å²) in [5.74, 6) is -8.52. The monoisotopic (exact) mass is 350 g/mol. The normalized spacial score (nSPS) is 13.9. The number of aliphatic hydroxyl groups excluding tert-OH is 1. The minimum Gasteiger partial charge on any atom is -1.00 e. The molecule has 0 radical (unpaired) electrons. The Morgan fingerprint density at radius 2 is 1.50 bits per heavy atom. The molecule has 11 nitrogen and oxygen atoms in total. The average Bonchev–Trinajstić information content (AvgIpc) is 2.26. The molecule has 22 heavy (non-hydrogen) atoms. The van der Waals surface area contributed by atoms with Crippen LogP contribution in [-0.2, 0) is 28.7 Å². The Balaban J connectivity index is -0.000000667. The molecular formula is C10H14CaO11. The third kappa shape index (κ3) is 8.24. The second-order valence-electron chi connectivity index (χ2n) is 3.99. The molecular weight excluding hydrogens is 336 g/mol. The third-order valence-corrected chi connectivity index (χ3v) is 2.15. The Labute approximate surface area is 155 Å². The first-order valence-corrected chi connectivity index (χ1v) is 5.30. The van der Waals surface area contributed by atoms with Gasteiger partial charge in [-0.1, -0.05) is 0 Å². The SMILES string of the molecule is O=C(O)CC(O)(CC(=O)OC(=O)CC(O)C(=O)O)C(=O)O.[Ca+2].[H-].[H-]. The van der Waals surface area contributed by atoms with Crippen LogP contribution in [0.25, 0.3) is 0 Å².